The Balaban J connectivity index is 1.64. The van der Waals surface area contributed by atoms with E-state index in [9.17, 15) is 9.18 Å². The van der Waals surface area contributed by atoms with E-state index in [1.54, 1.807) is 12.1 Å². The first-order valence-corrected chi connectivity index (χ1v) is 8.49. The molecular weight excluding hydrogens is 307 g/mol. The minimum atomic E-state index is -0.226. The van der Waals surface area contributed by atoms with E-state index in [4.69, 9.17) is 4.74 Å². The number of aromatic nitrogens is 1. The second-order valence-electron chi connectivity index (χ2n) is 6.12. The average Bonchev–Trinajstić information content (AvgIpc) is 3.04. The molecule has 0 atom stereocenters. The van der Waals surface area contributed by atoms with Gasteiger partial charge in [0, 0.05) is 18.4 Å². The van der Waals surface area contributed by atoms with Crippen LogP contribution < -0.4 is 0 Å². The van der Waals surface area contributed by atoms with E-state index in [-0.39, 0.29) is 17.7 Å². The Morgan fingerprint density at radius 2 is 1.96 bits per heavy atom. The van der Waals surface area contributed by atoms with Gasteiger partial charge in [-0.15, -0.1) is 0 Å². The number of esters is 1. The maximum atomic E-state index is 14.0. The first-order chi connectivity index (χ1) is 11.7. The molecule has 1 aromatic carbocycles. The van der Waals surface area contributed by atoms with Gasteiger partial charge in [0.15, 0.2) is 0 Å². The Morgan fingerprint density at radius 1 is 1.21 bits per heavy atom. The van der Waals surface area contributed by atoms with Crippen LogP contribution in [0.5, 0.6) is 0 Å². The van der Waals surface area contributed by atoms with Crippen molar-refractivity contribution in [1.29, 1.82) is 0 Å². The molecule has 0 N–H and O–H groups in total. The molecule has 1 fully saturated rings. The molecule has 0 bridgehead atoms. The zero-order chi connectivity index (χ0) is 16.9. The van der Waals surface area contributed by atoms with Gasteiger partial charge in [-0.05, 0) is 57.1 Å². The molecule has 0 radical (unpaired) electrons. The standard InChI is InChI=1S/C19H23FN2O2/c1-2-24-19(23)15-9-12-21(13-10-15)14-16-6-5-11-22(16)18-8-4-3-7-17(18)20/h3-8,11,15H,2,9-10,12-14H2,1H3. The lowest BCUT2D eigenvalue weighted by molar-refractivity contribution is -0.149. The summed E-state index contributed by atoms with van der Waals surface area (Å²) in [5.41, 5.74) is 1.62. The Kier molecular flexibility index (Phi) is 5.30. The lowest BCUT2D eigenvalue weighted by atomic mass is 9.97. The molecule has 0 spiro atoms. The number of likely N-dealkylation sites (tertiary alicyclic amines) is 1. The van der Waals surface area contributed by atoms with Gasteiger partial charge in [0.25, 0.3) is 0 Å². The van der Waals surface area contributed by atoms with E-state index >= 15 is 0 Å². The average molecular weight is 330 g/mol. The van der Waals surface area contributed by atoms with Crippen molar-refractivity contribution in [3.8, 4) is 5.69 Å². The second-order valence-corrected chi connectivity index (χ2v) is 6.12. The van der Waals surface area contributed by atoms with Crippen molar-refractivity contribution in [3.05, 3.63) is 54.1 Å². The summed E-state index contributed by atoms with van der Waals surface area (Å²) >= 11 is 0. The quantitative estimate of drug-likeness (QED) is 0.788. The van der Waals surface area contributed by atoms with Crippen molar-refractivity contribution in [2.24, 2.45) is 5.92 Å². The molecular formula is C19H23FN2O2. The van der Waals surface area contributed by atoms with Gasteiger partial charge >= 0.3 is 5.97 Å². The molecule has 1 aromatic heterocycles. The summed E-state index contributed by atoms with van der Waals surface area (Å²) in [4.78, 5) is 14.1. The molecule has 5 heteroatoms. The third kappa shape index (κ3) is 3.67. The summed E-state index contributed by atoms with van der Waals surface area (Å²) in [5.74, 6) is -0.289. The van der Waals surface area contributed by atoms with Gasteiger partial charge in [0.05, 0.1) is 18.2 Å². The first-order valence-electron chi connectivity index (χ1n) is 8.49. The van der Waals surface area contributed by atoms with Gasteiger partial charge in [0.1, 0.15) is 5.82 Å². The minimum Gasteiger partial charge on any atom is -0.466 e. The number of halogens is 1. The van der Waals surface area contributed by atoms with Crippen molar-refractivity contribution in [3.63, 3.8) is 0 Å². The third-order valence-electron chi connectivity index (χ3n) is 4.54. The summed E-state index contributed by atoms with van der Waals surface area (Å²) in [7, 11) is 0. The number of hydrogen-bond donors (Lipinski definition) is 0. The lowest BCUT2D eigenvalue weighted by Crippen LogP contribution is -2.36. The molecule has 0 aliphatic carbocycles. The van der Waals surface area contributed by atoms with Crippen molar-refractivity contribution in [2.75, 3.05) is 19.7 Å². The summed E-state index contributed by atoms with van der Waals surface area (Å²) in [5, 5.41) is 0. The normalized spacial score (nSPS) is 16.2. The Labute approximate surface area is 141 Å². The van der Waals surface area contributed by atoms with Crippen LogP contribution in [0.1, 0.15) is 25.5 Å². The Hall–Kier alpha value is -2.14. The van der Waals surface area contributed by atoms with Gasteiger partial charge in [0.2, 0.25) is 0 Å². The summed E-state index contributed by atoms with van der Waals surface area (Å²) in [6.07, 6.45) is 3.53. The number of hydrogen-bond acceptors (Lipinski definition) is 3. The van der Waals surface area contributed by atoms with Gasteiger partial charge in [-0.3, -0.25) is 9.69 Å². The van der Waals surface area contributed by atoms with Crippen molar-refractivity contribution in [2.45, 2.75) is 26.3 Å². The molecule has 1 aliphatic rings. The highest BCUT2D eigenvalue weighted by atomic mass is 19.1. The molecule has 0 unspecified atom stereocenters. The highest BCUT2D eigenvalue weighted by Gasteiger charge is 2.26. The molecule has 0 saturated carbocycles. The molecule has 0 amide bonds. The van der Waals surface area contributed by atoms with E-state index in [2.05, 4.69) is 4.90 Å². The molecule has 24 heavy (non-hydrogen) atoms. The van der Waals surface area contributed by atoms with E-state index in [0.29, 0.717) is 12.3 Å². The van der Waals surface area contributed by atoms with Crippen LogP contribution in [0, 0.1) is 11.7 Å². The van der Waals surface area contributed by atoms with Crippen LogP contribution in [0.4, 0.5) is 4.39 Å². The van der Waals surface area contributed by atoms with E-state index in [0.717, 1.165) is 38.2 Å². The van der Waals surface area contributed by atoms with Crippen LogP contribution in [0.25, 0.3) is 5.69 Å². The van der Waals surface area contributed by atoms with Crippen molar-refractivity contribution in [1.82, 2.24) is 9.47 Å². The first kappa shape index (κ1) is 16.7. The number of para-hydroxylation sites is 1. The summed E-state index contributed by atoms with van der Waals surface area (Å²) in [6, 6.07) is 10.8. The Morgan fingerprint density at radius 3 is 2.67 bits per heavy atom. The van der Waals surface area contributed by atoms with E-state index < -0.39 is 0 Å². The molecule has 4 nitrogen and oxygen atoms in total. The van der Waals surface area contributed by atoms with E-state index in [1.807, 2.05) is 35.9 Å². The summed E-state index contributed by atoms with van der Waals surface area (Å²) in [6.45, 7) is 4.73. The fraction of sp³-hybridized carbons (Fsp3) is 0.421. The SMILES string of the molecule is CCOC(=O)C1CCN(Cc2cccn2-c2ccccc2F)CC1. The fourth-order valence-corrected chi connectivity index (χ4v) is 3.24. The maximum Gasteiger partial charge on any atom is 0.309 e. The van der Waals surface area contributed by atoms with Crippen LogP contribution in [-0.2, 0) is 16.1 Å². The third-order valence-corrected chi connectivity index (χ3v) is 4.54. The molecule has 128 valence electrons. The molecule has 2 aromatic rings. The van der Waals surface area contributed by atoms with Gasteiger partial charge in [-0.25, -0.2) is 4.39 Å². The zero-order valence-electron chi connectivity index (χ0n) is 14.0. The lowest BCUT2D eigenvalue weighted by Gasteiger charge is -2.31. The predicted octanol–water partition coefficient (Wildman–Crippen LogP) is 3.39. The van der Waals surface area contributed by atoms with E-state index in [1.165, 1.54) is 6.07 Å². The molecule has 1 saturated heterocycles. The predicted molar refractivity (Wildman–Crippen MR) is 90.4 cm³/mol. The van der Waals surface area contributed by atoms with Crippen LogP contribution in [0.3, 0.4) is 0 Å². The fourth-order valence-electron chi connectivity index (χ4n) is 3.24. The number of nitrogens with zero attached hydrogens (tertiary/aromatic N) is 2. The summed E-state index contributed by atoms with van der Waals surface area (Å²) < 4.78 is 21.0. The number of piperidine rings is 1. The topological polar surface area (TPSA) is 34.5 Å². The smallest absolute Gasteiger partial charge is 0.309 e. The molecule has 3 rings (SSSR count). The molecule has 1 aliphatic heterocycles. The van der Waals surface area contributed by atoms with Crippen LogP contribution in [-0.4, -0.2) is 35.1 Å². The number of rotatable bonds is 5. The van der Waals surface area contributed by atoms with Gasteiger partial charge in [-0.1, -0.05) is 12.1 Å². The van der Waals surface area contributed by atoms with Crippen LogP contribution >= 0.6 is 0 Å². The van der Waals surface area contributed by atoms with Crippen molar-refractivity contribution < 1.29 is 13.9 Å². The number of benzene rings is 1. The van der Waals surface area contributed by atoms with Gasteiger partial charge < -0.3 is 9.30 Å². The maximum absolute atomic E-state index is 14.0. The largest absolute Gasteiger partial charge is 0.466 e. The van der Waals surface area contributed by atoms with Crippen LogP contribution in [0.15, 0.2) is 42.6 Å². The highest BCUT2D eigenvalue weighted by Crippen LogP contribution is 2.22. The van der Waals surface area contributed by atoms with Crippen molar-refractivity contribution >= 4 is 5.97 Å². The number of carbonyl (C=O) groups excluding carboxylic acids is 1. The minimum absolute atomic E-state index is 0.0135. The number of carbonyl (C=O) groups is 1. The number of ether oxygens (including phenoxy) is 1. The van der Waals surface area contributed by atoms with Gasteiger partial charge in [-0.2, -0.15) is 0 Å². The molecule has 2 heterocycles. The second kappa shape index (κ2) is 7.62. The zero-order valence-corrected chi connectivity index (χ0v) is 14.0. The van der Waals surface area contributed by atoms with Crippen LogP contribution in [0.2, 0.25) is 0 Å². The Bertz CT molecular complexity index is 690. The highest BCUT2D eigenvalue weighted by molar-refractivity contribution is 5.72. The monoisotopic (exact) mass is 330 g/mol.